The smallest absolute Gasteiger partial charge is 0.261 e. The molecule has 0 atom stereocenters. The minimum Gasteiger partial charge on any atom is -0.369 e. The number of carbonyl (C=O) groups is 1. The molecule has 1 saturated heterocycles. The third kappa shape index (κ3) is 2.91. The van der Waals surface area contributed by atoms with Crippen LogP contribution in [-0.2, 0) is 26.8 Å². The number of sulfonamides is 1. The molecule has 0 unspecified atom stereocenters. The van der Waals surface area contributed by atoms with Crippen LogP contribution in [0.3, 0.4) is 0 Å². The Kier molecular flexibility index (Phi) is 4.68. The second-order valence-corrected chi connectivity index (χ2v) is 10.3. The van der Waals surface area contributed by atoms with Gasteiger partial charge in [-0.2, -0.15) is 4.31 Å². The lowest BCUT2D eigenvalue weighted by Crippen LogP contribution is -2.47. The van der Waals surface area contributed by atoms with E-state index in [0.29, 0.717) is 37.4 Å². The molecule has 26 heavy (non-hydrogen) atoms. The van der Waals surface area contributed by atoms with Crippen LogP contribution in [-0.4, -0.2) is 45.4 Å². The fourth-order valence-corrected chi connectivity index (χ4v) is 7.48. The van der Waals surface area contributed by atoms with Crippen LogP contribution in [0.5, 0.6) is 0 Å². The normalized spacial score (nSPS) is 20.0. The van der Waals surface area contributed by atoms with E-state index < -0.39 is 10.0 Å². The highest BCUT2D eigenvalue weighted by atomic mass is 32.2. The van der Waals surface area contributed by atoms with E-state index in [0.717, 1.165) is 17.8 Å². The summed E-state index contributed by atoms with van der Waals surface area (Å²) in [6, 6.07) is 3.61. The zero-order valence-electron chi connectivity index (χ0n) is 14.4. The van der Waals surface area contributed by atoms with Gasteiger partial charge in [-0.25, -0.2) is 8.42 Å². The van der Waals surface area contributed by atoms with Gasteiger partial charge in [0.1, 0.15) is 5.60 Å². The van der Waals surface area contributed by atoms with Gasteiger partial charge in [0.15, 0.2) is 0 Å². The average molecular weight is 413 g/mol. The summed E-state index contributed by atoms with van der Waals surface area (Å²) < 4.78 is 33.5. The van der Waals surface area contributed by atoms with E-state index in [1.54, 1.807) is 16.7 Å². The molecule has 4 heterocycles. The van der Waals surface area contributed by atoms with Crippen molar-refractivity contribution in [1.82, 2.24) is 9.62 Å². The molecular weight excluding hydrogens is 392 g/mol. The van der Waals surface area contributed by atoms with Gasteiger partial charge in [0, 0.05) is 30.4 Å². The largest absolute Gasteiger partial charge is 0.369 e. The van der Waals surface area contributed by atoms with Gasteiger partial charge in [-0.1, -0.05) is 0 Å². The van der Waals surface area contributed by atoms with E-state index in [1.807, 2.05) is 0 Å². The first-order valence-corrected chi connectivity index (χ1v) is 11.7. The molecule has 0 aliphatic carbocycles. The summed E-state index contributed by atoms with van der Waals surface area (Å²) in [6.45, 7) is 1.53. The van der Waals surface area contributed by atoms with Crippen molar-refractivity contribution in [3.05, 3.63) is 38.2 Å². The summed E-state index contributed by atoms with van der Waals surface area (Å²) >= 11 is 2.85. The minimum atomic E-state index is -3.59. The minimum absolute atomic E-state index is 0.193. The molecule has 0 radical (unpaired) electrons. The van der Waals surface area contributed by atoms with Crippen LogP contribution in [0, 0.1) is 0 Å². The molecule has 9 heteroatoms. The van der Waals surface area contributed by atoms with Crippen molar-refractivity contribution in [2.45, 2.75) is 29.8 Å². The second kappa shape index (κ2) is 6.72. The van der Waals surface area contributed by atoms with Crippen LogP contribution in [0.2, 0.25) is 0 Å². The van der Waals surface area contributed by atoms with Gasteiger partial charge in [-0.3, -0.25) is 4.79 Å². The number of thiophene rings is 2. The van der Waals surface area contributed by atoms with Gasteiger partial charge in [0.2, 0.25) is 10.0 Å². The lowest BCUT2D eigenvalue weighted by atomic mass is 9.86. The van der Waals surface area contributed by atoms with Crippen molar-refractivity contribution in [1.29, 1.82) is 0 Å². The monoisotopic (exact) mass is 412 g/mol. The standard InChI is InChI=1S/C17H20N2O4S3/c1-18-16(20)14-10-13(11-25-14)26(21,22)19-6-4-17(5-7-19)15-12(2-8-23-17)3-9-24-15/h3,9-11H,2,4-8H2,1H3,(H,18,20). The van der Waals surface area contributed by atoms with Gasteiger partial charge in [0.25, 0.3) is 5.91 Å². The number of rotatable bonds is 3. The topological polar surface area (TPSA) is 75.7 Å². The maximum Gasteiger partial charge on any atom is 0.261 e. The molecule has 6 nitrogen and oxygen atoms in total. The van der Waals surface area contributed by atoms with Crippen molar-refractivity contribution in [2.24, 2.45) is 0 Å². The number of amides is 1. The zero-order chi connectivity index (χ0) is 18.4. The number of hydrogen-bond acceptors (Lipinski definition) is 6. The molecule has 1 N–H and O–H groups in total. The van der Waals surface area contributed by atoms with Gasteiger partial charge in [0.05, 0.1) is 16.4 Å². The first-order valence-electron chi connectivity index (χ1n) is 8.48. The van der Waals surface area contributed by atoms with E-state index >= 15 is 0 Å². The molecule has 0 aromatic carbocycles. The highest BCUT2D eigenvalue weighted by Gasteiger charge is 2.44. The Labute approximate surface area is 160 Å². The first-order chi connectivity index (χ1) is 12.5. The summed E-state index contributed by atoms with van der Waals surface area (Å²) in [7, 11) is -2.06. The summed E-state index contributed by atoms with van der Waals surface area (Å²) in [5.41, 5.74) is 1.00. The van der Waals surface area contributed by atoms with Crippen molar-refractivity contribution in [3.63, 3.8) is 0 Å². The molecule has 140 valence electrons. The van der Waals surface area contributed by atoms with Gasteiger partial charge < -0.3 is 10.1 Å². The number of nitrogens with zero attached hydrogens (tertiary/aromatic N) is 1. The van der Waals surface area contributed by atoms with Crippen LogP contribution in [0.1, 0.15) is 33.0 Å². The van der Waals surface area contributed by atoms with Crippen molar-refractivity contribution in [2.75, 3.05) is 26.7 Å². The van der Waals surface area contributed by atoms with Crippen molar-refractivity contribution < 1.29 is 17.9 Å². The van der Waals surface area contributed by atoms with Crippen LogP contribution in [0.25, 0.3) is 0 Å². The molecule has 2 aromatic heterocycles. The van der Waals surface area contributed by atoms with Gasteiger partial charge >= 0.3 is 0 Å². The molecule has 1 fully saturated rings. The lowest BCUT2D eigenvalue weighted by Gasteiger charge is -2.43. The van der Waals surface area contributed by atoms with Crippen LogP contribution in [0.4, 0.5) is 0 Å². The number of piperidine rings is 1. The van der Waals surface area contributed by atoms with Gasteiger partial charge in [-0.15, -0.1) is 22.7 Å². The molecule has 1 amide bonds. The number of ether oxygens (including phenoxy) is 1. The SMILES string of the molecule is CNC(=O)c1cc(S(=O)(=O)N2CCC3(CC2)OCCc2ccsc23)cs1. The maximum atomic E-state index is 12.9. The van der Waals surface area contributed by atoms with Crippen molar-refractivity contribution in [3.8, 4) is 0 Å². The Morgan fingerprint density at radius 3 is 2.81 bits per heavy atom. The van der Waals surface area contributed by atoms with E-state index in [-0.39, 0.29) is 16.4 Å². The summed E-state index contributed by atoms with van der Waals surface area (Å²) in [6.07, 6.45) is 2.25. The van der Waals surface area contributed by atoms with E-state index in [1.165, 1.54) is 27.9 Å². The van der Waals surface area contributed by atoms with Crippen molar-refractivity contribution >= 4 is 38.6 Å². The van der Waals surface area contributed by atoms with Crippen LogP contribution in [0.15, 0.2) is 27.8 Å². The lowest BCUT2D eigenvalue weighted by molar-refractivity contribution is -0.0861. The van der Waals surface area contributed by atoms with Crippen LogP contribution < -0.4 is 5.32 Å². The third-order valence-electron chi connectivity index (χ3n) is 5.10. The summed E-state index contributed by atoms with van der Waals surface area (Å²) in [4.78, 5) is 13.6. The predicted molar refractivity (Wildman–Crippen MR) is 101 cm³/mol. The van der Waals surface area contributed by atoms with E-state index in [4.69, 9.17) is 4.74 Å². The van der Waals surface area contributed by atoms with Gasteiger partial charge in [-0.05, 0) is 42.3 Å². The third-order valence-corrected chi connectivity index (χ3v) is 9.20. The molecule has 0 bridgehead atoms. The predicted octanol–water partition coefficient (Wildman–Crippen LogP) is 2.42. The zero-order valence-corrected chi connectivity index (χ0v) is 16.8. The Morgan fingerprint density at radius 1 is 1.31 bits per heavy atom. The second-order valence-electron chi connectivity index (χ2n) is 6.50. The van der Waals surface area contributed by atoms with E-state index in [2.05, 4.69) is 16.8 Å². The number of carbonyl (C=O) groups excluding carboxylic acids is 1. The number of nitrogens with one attached hydrogen (secondary N) is 1. The summed E-state index contributed by atoms with van der Waals surface area (Å²) in [5, 5.41) is 6.15. The molecule has 2 aliphatic rings. The molecule has 4 rings (SSSR count). The van der Waals surface area contributed by atoms with Crippen LogP contribution >= 0.6 is 22.7 Å². The van der Waals surface area contributed by atoms with E-state index in [9.17, 15) is 13.2 Å². The maximum absolute atomic E-state index is 12.9. The average Bonchev–Trinajstić information content (AvgIpc) is 3.32. The fraction of sp³-hybridized carbons (Fsp3) is 0.471. The highest BCUT2D eigenvalue weighted by Crippen LogP contribution is 2.44. The molecule has 0 saturated carbocycles. The highest BCUT2D eigenvalue weighted by molar-refractivity contribution is 7.89. The molecular formula is C17H20N2O4S3. The fourth-order valence-electron chi connectivity index (χ4n) is 3.66. The molecule has 2 aromatic rings. The number of hydrogen-bond donors (Lipinski definition) is 1. The Balaban J connectivity index is 1.53. The summed E-state index contributed by atoms with van der Waals surface area (Å²) in [5.74, 6) is -0.269. The first kappa shape index (κ1) is 18.1. The molecule has 1 spiro atoms. The molecule has 2 aliphatic heterocycles. The number of fused-ring (bicyclic) bond motifs is 2. The Morgan fingerprint density at radius 2 is 2.08 bits per heavy atom. The Hall–Kier alpha value is -1.26. The Bertz CT molecular complexity index is 923. The quantitative estimate of drug-likeness (QED) is 0.840.